The zero-order valence-corrected chi connectivity index (χ0v) is 18.0. The lowest BCUT2D eigenvalue weighted by molar-refractivity contribution is -0.226. The molecule has 0 aromatic heterocycles. The molecule has 0 amide bonds. The molecule has 0 radical (unpaired) electrons. The topological polar surface area (TPSA) is 71.1 Å². The fourth-order valence-corrected chi connectivity index (χ4v) is 4.60. The van der Waals surface area contributed by atoms with Gasteiger partial charge in [0.15, 0.2) is 0 Å². The van der Waals surface area contributed by atoms with Crippen LogP contribution in [-0.2, 0) is 19.2 Å². The lowest BCUT2D eigenvalue weighted by Gasteiger charge is -2.31. The maximum atomic E-state index is 11.8. The first-order valence-corrected chi connectivity index (χ1v) is 11.2. The van der Waals surface area contributed by atoms with E-state index in [0.717, 1.165) is 51.4 Å². The van der Waals surface area contributed by atoms with Gasteiger partial charge in [-0.15, -0.1) is 0 Å². The Balaban J connectivity index is 1.58. The molecule has 0 aromatic carbocycles. The molecule has 28 heavy (non-hydrogen) atoms. The van der Waals surface area contributed by atoms with Gasteiger partial charge in [-0.2, -0.15) is 19.4 Å². The van der Waals surface area contributed by atoms with Crippen LogP contribution in [0.3, 0.4) is 0 Å². The quantitative estimate of drug-likeness (QED) is 0.292. The number of rotatable bonds is 6. The Labute approximate surface area is 169 Å². The zero-order valence-electron chi connectivity index (χ0n) is 18.0. The fraction of sp³-hybridized carbons (Fsp3) is 0.909. The highest BCUT2D eigenvalue weighted by Gasteiger charge is 2.29. The summed E-state index contributed by atoms with van der Waals surface area (Å²) in [4.78, 5) is 32.5. The van der Waals surface area contributed by atoms with Crippen LogP contribution in [0.1, 0.15) is 91.9 Å². The van der Waals surface area contributed by atoms with E-state index in [-0.39, 0.29) is 12.2 Å². The van der Waals surface area contributed by atoms with Crippen LogP contribution in [0, 0.1) is 23.7 Å². The van der Waals surface area contributed by atoms with E-state index < -0.39 is 12.3 Å². The highest BCUT2D eigenvalue weighted by molar-refractivity contribution is 5.63. The Bertz CT molecular complexity index is 433. The molecule has 6 heteroatoms. The predicted molar refractivity (Wildman–Crippen MR) is 106 cm³/mol. The van der Waals surface area contributed by atoms with Crippen LogP contribution in [-0.4, -0.2) is 24.5 Å². The van der Waals surface area contributed by atoms with Crippen molar-refractivity contribution >= 4 is 12.3 Å². The van der Waals surface area contributed by atoms with Crippen molar-refractivity contribution < 1.29 is 28.8 Å². The van der Waals surface area contributed by atoms with Gasteiger partial charge >= 0.3 is 12.3 Å². The molecule has 0 spiro atoms. The first kappa shape index (κ1) is 22.8. The van der Waals surface area contributed by atoms with Gasteiger partial charge in [0.25, 0.3) is 0 Å². The fourth-order valence-electron chi connectivity index (χ4n) is 4.60. The number of hydrogen-bond donors (Lipinski definition) is 0. The van der Waals surface area contributed by atoms with Crippen LogP contribution in [0.5, 0.6) is 0 Å². The molecule has 2 aliphatic rings. The average Bonchev–Trinajstić information content (AvgIpc) is 2.72. The minimum Gasteiger partial charge on any atom is -0.428 e. The van der Waals surface area contributed by atoms with E-state index in [1.165, 1.54) is 12.8 Å². The molecule has 2 aliphatic carbocycles. The Kier molecular flexibility index (Phi) is 9.39. The van der Waals surface area contributed by atoms with Crippen LogP contribution in [0.25, 0.3) is 0 Å². The molecular formula is C22H38O6. The van der Waals surface area contributed by atoms with Crippen molar-refractivity contribution in [1.82, 2.24) is 0 Å². The van der Waals surface area contributed by atoms with Crippen molar-refractivity contribution in [3.05, 3.63) is 0 Å². The van der Waals surface area contributed by atoms with Crippen molar-refractivity contribution in [2.24, 2.45) is 23.7 Å². The zero-order chi connectivity index (χ0) is 20.5. The first-order chi connectivity index (χ1) is 13.4. The van der Waals surface area contributed by atoms with Gasteiger partial charge in [0, 0.05) is 0 Å². The van der Waals surface area contributed by atoms with Gasteiger partial charge in [-0.1, -0.05) is 40.5 Å². The van der Waals surface area contributed by atoms with Crippen LogP contribution in [0.15, 0.2) is 0 Å². The van der Waals surface area contributed by atoms with Crippen molar-refractivity contribution in [3.63, 3.8) is 0 Å². The second-order valence-electron chi connectivity index (χ2n) is 8.75. The molecule has 2 saturated carbocycles. The molecule has 2 unspecified atom stereocenters. The summed E-state index contributed by atoms with van der Waals surface area (Å²) in [6.45, 7) is 8.96. The predicted octanol–water partition coefficient (Wildman–Crippen LogP) is 6.42. The second kappa shape index (κ2) is 11.5. The summed E-state index contributed by atoms with van der Waals surface area (Å²) in [5.41, 5.74) is 0. The van der Waals surface area contributed by atoms with Gasteiger partial charge < -0.3 is 9.47 Å². The number of carbonyl (C=O) groups excluding carboxylic acids is 2. The molecule has 162 valence electrons. The van der Waals surface area contributed by atoms with E-state index in [9.17, 15) is 9.59 Å². The lowest BCUT2D eigenvalue weighted by atomic mass is 9.79. The van der Waals surface area contributed by atoms with Crippen molar-refractivity contribution in [3.8, 4) is 0 Å². The van der Waals surface area contributed by atoms with Crippen LogP contribution < -0.4 is 0 Å². The van der Waals surface area contributed by atoms with Crippen LogP contribution >= 0.6 is 0 Å². The van der Waals surface area contributed by atoms with Gasteiger partial charge in [0.1, 0.15) is 12.2 Å². The lowest BCUT2D eigenvalue weighted by Crippen LogP contribution is -2.29. The number of ether oxygens (including phenoxy) is 2. The Hall–Kier alpha value is -1.46. The van der Waals surface area contributed by atoms with Crippen molar-refractivity contribution in [1.29, 1.82) is 0 Å². The molecular weight excluding hydrogens is 360 g/mol. The smallest absolute Gasteiger partial charge is 0.428 e. The van der Waals surface area contributed by atoms with E-state index in [2.05, 4.69) is 37.5 Å². The number of carbonyl (C=O) groups is 2. The minimum atomic E-state index is -0.968. The molecule has 6 nitrogen and oxygen atoms in total. The third-order valence-corrected chi connectivity index (χ3v) is 7.04. The summed E-state index contributed by atoms with van der Waals surface area (Å²) in [5, 5.41) is 0. The summed E-state index contributed by atoms with van der Waals surface area (Å²) in [6, 6.07) is 0. The molecule has 0 heterocycles. The summed E-state index contributed by atoms with van der Waals surface area (Å²) in [5.74, 6) is 2.79. The molecule has 0 saturated heterocycles. The largest absolute Gasteiger partial charge is 0.550 e. The van der Waals surface area contributed by atoms with Gasteiger partial charge in [-0.25, -0.2) is 0 Å². The van der Waals surface area contributed by atoms with E-state index in [0.29, 0.717) is 23.7 Å². The summed E-state index contributed by atoms with van der Waals surface area (Å²) >= 11 is 0. The SMILES string of the molecule is CCC(C)C1CCC(OC(=O)OOC(=O)OC2CCC(C(C)CC)CC2)CC1. The van der Waals surface area contributed by atoms with Crippen molar-refractivity contribution in [2.45, 2.75) is 104 Å². The molecule has 2 atom stereocenters. The second-order valence-corrected chi connectivity index (χ2v) is 8.75. The van der Waals surface area contributed by atoms with Gasteiger partial charge in [-0.05, 0) is 75.0 Å². The third kappa shape index (κ3) is 7.17. The molecule has 0 aromatic rings. The van der Waals surface area contributed by atoms with E-state index in [1.807, 2.05) is 0 Å². The maximum absolute atomic E-state index is 11.8. The summed E-state index contributed by atoms with van der Waals surface area (Å²) in [7, 11) is 0. The minimum absolute atomic E-state index is 0.164. The highest BCUT2D eigenvalue weighted by Crippen LogP contribution is 2.34. The molecule has 0 N–H and O–H groups in total. The maximum Gasteiger partial charge on any atom is 0.550 e. The van der Waals surface area contributed by atoms with Gasteiger partial charge in [0.05, 0.1) is 0 Å². The standard InChI is InChI=1S/C22H38O6/c1-5-15(3)17-7-11-19(12-8-17)25-21(23)27-28-22(24)26-20-13-9-18(10-14-20)16(4)6-2/h15-20H,5-14H2,1-4H3. The summed E-state index contributed by atoms with van der Waals surface area (Å²) in [6.07, 6.45) is 7.60. The Morgan fingerprint density at radius 3 is 1.29 bits per heavy atom. The average molecular weight is 399 g/mol. The van der Waals surface area contributed by atoms with Gasteiger partial charge in [-0.3, -0.25) is 0 Å². The van der Waals surface area contributed by atoms with Crippen LogP contribution in [0.2, 0.25) is 0 Å². The van der Waals surface area contributed by atoms with E-state index in [4.69, 9.17) is 9.47 Å². The monoisotopic (exact) mass is 398 g/mol. The molecule has 2 rings (SSSR count). The molecule has 0 aliphatic heterocycles. The number of hydrogen-bond acceptors (Lipinski definition) is 6. The molecule has 0 bridgehead atoms. The van der Waals surface area contributed by atoms with E-state index >= 15 is 0 Å². The Morgan fingerprint density at radius 1 is 0.679 bits per heavy atom. The first-order valence-electron chi connectivity index (χ1n) is 11.2. The molecule has 2 fully saturated rings. The van der Waals surface area contributed by atoms with Gasteiger partial charge in [0.2, 0.25) is 0 Å². The third-order valence-electron chi connectivity index (χ3n) is 7.04. The normalized spacial score (nSPS) is 30.0. The summed E-state index contributed by atoms with van der Waals surface area (Å²) < 4.78 is 10.5. The highest BCUT2D eigenvalue weighted by atomic mass is 17.3. The Morgan fingerprint density at radius 2 is 1.00 bits per heavy atom. The van der Waals surface area contributed by atoms with Crippen molar-refractivity contribution in [2.75, 3.05) is 0 Å². The van der Waals surface area contributed by atoms with E-state index in [1.54, 1.807) is 0 Å². The van der Waals surface area contributed by atoms with Crippen LogP contribution in [0.4, 0.5) is 9.59 Å².